The van der Waals surface area contributed by atoms with Crippen molar-refractivity contribution < 1.29 is 9.84 Å². The standard InChI is InChI=1S/C12H18N2O2/c15-8-12(9-16-10-12)7-14-6-3-11-1-4-13-5-2-11/h1-2,4-5,14-15H,3,6-10H2. The van der Waals surface area contributed by atoms with Crippen molar-refractivity contribution >= 4 is 0 Å². The van der Waals surface area contributed by atoms with E-state index in [0.29, 0.717) is 13.2 Å². The van der Waals surface area contributed by atoms with E-state index in [1.54, 1.807) is 0 Å². The lowest BCUT2D eigenvalue weighted by Gasteiger charge is -2.40. The predicted molar refractivity (Wildman–Crippen MR) is 61.1 cm³/mol. The van der Waals surface area contributed by atoms with E-state index >= 15 is 0 Å². The Kier molecular flexibility index (Phi) is 3.88. The first-order chi connectivity index (χ1) is 7.85. The van der Waals surface area contributed by atoms with Gasteiger partial charge in [-0.1, -0.05) is 0 Å². The molecule has 1 aliphatic rings. The molecular formula is C12H18N2O2. The zero-order valence-electron chi connectivity index (χ0n) is 9.35. The largest absolute Gasteiger partial charge is 0.396 e. The van der Waals surface area contributed by atoms with Crippen molar-refractivity contribution in [2.24, 2.45) is 5.41 Å². The second kappa shape index (κ2) is 5.39. The Morgan fingerprint density at radius 1 is 1.38 bits per heavy atom. The van der Waals surface area contributed by atoms with Crippen LogP contribution in [0.25, 0.3) is 0 Å². The number of aliphatic hydroxyl groups excluding tert-OH is 1. The molecule has 0 saturated carbocycles. The Hall–Kier alpha value is -0.970. The van der Waals surface area contributed by atoms with Gasteiger partial charge in [0.05, 0.1) is 25.2 Å². The third kappa shape index (κ3) is 2.78. The highest BCUT2D eigenvalue weighted by atomic mass is 16.5. The minimum absolute atomic E-state index is 0.0295. The molecule has 2 N–H and O–H groups in total. The Labute approximate surface area is 95.7 Å². The van der Waals surface area contributed by atoms with Gasteiger partial charge in [0, 0.05) is 18.9 Å². The summed E-state index contributed by atoms with van der Waals surface area (Å²) in [7, 11) is 0. The van der Waals surface area contributed by atoms with Crippen molar-refractivity contribution in [2.45, 2.75) is 6.42 Å². The highest BCUT2D eigenvalue weighted by Gasteiger charge is 2.37. The van der Waals surface area contributed by atoms with E-state index in [1.807, 2.05) is 24.5 Å². The molecule has 0 bridgehead atoms. The second-order valence-electron chi connectivity index (χ2n) is 4.43. The van der Waals surface area contributed by atoms with Gasteiger partial charge in [-0.15, -0.1) is 0 Å². The molecule has 1 aromatic rings. The van der Waals surface area contributed by atoms with Gasteiger partial charge in [-0.25, -0.2) is 0 Å². The van der Waals surface area contributed by atoms with Crippen LogP contribution in [0.2, 0.25) is 0 Å². The van der Waals surface area contributed by atoms with Gasteiger partial charge in [0.2, 0.25) is 0 Å². The molecule has 2 heterocycles. The van der Waals surface area contributed by atoms with E-state index in [0.717, 1.165) is 19.5 Å². The van der Waals surface area contributed by atoms with Crippen LogP contribution in [0.1, 0.15) is 5.56 Å². The fraction of sp³-hybridized carbons (Fsp3) is 0.583. The van der Waals surface area contributed by atoms with Crippen molar-refractivity contribution in [2.75, 3.05) is 32.9 Å². The van der Waals surface area contributed by atoms with Crippen molar-refractivity contribution in [1.82, 2.24) is 10.3 Å². The summed E-state index contributed by atoms with van der Waals surface area (Å²) in [5.41, 5.74) is 1.25. The van der Waals surface area contributed by atoms with E-state index < -0.39 is 0 Å². The fourth-order valence-electron chi connectivity index (χ4n) is 1.78. The molecule has 1 fully saturated rings. The molecule has 0 radical (unpaired) electrons. The van der Waals surface area contributed by atoms with Crippen molar-refractivity contribution in [3.8, 4) is 0 Å². The minimum atomic E-state index is -0.0295. The third-order valence-corrected chi connectivity index (χ3v) is 2.99. The van der Waals surface area contributed by atoms with Gasteiger partial charge in [-0.3, -0.25) is 4.98 Å². The highest BCUT2D eigenvalue weighted by molar-refractivity contribution is 5.09. The van der Waals surface area contributed by atoms with Crippen molar-refractivity contribution in [3.05, 3.63) is 30.1 Å². The first-order valence-corrected chi connectivity index (χ1v) is 5.63. The minimum Gasteiger partial charge on any atom is -0.396 e. The van der Waals surface area contributed by atoms with Crippen LogP contribution in [0.3, 0.4) is 0 Å². The number of ether oxygens (including phenoxy) is 1. The van der Waals surface area contributed by atoms with Crippen LogP contribution in [0.15, 0.2) is 24.5 Å². The predicted octanol–water partition coefficient (Wildman–Crippen LogP) is 0.223. The van der Waals surface area contributed by atoms with E-state index in [2.05, 4.69) is 10.3 Å². The number of pyridine rings is 1. The van der Waals surface area contributed by atoms with Crippen molar-refractivity contribution in [3.63, 3.8) is 0 Å². The highest BCUT2D eigenvalue weighted by Crippen LogP contribution is 2.25. The molecule has 4 nitrogen and oxygen atoms in total. The summed E-state index contributed by atoms with van der Waals surface area (Å²) in [6.45, 7) is 3.30. The van der Waals surface area contributed by atoms with Crippen LogP contribution in [0, 0.1) is 5.41 Å². The molecule has 1 aliphatic heterocycles. The number of hydrogen-bond donors (Lipinski definition) is 2. The number of hydrogen-bond acceptors (Lipinski definition) is 4. The van der Waals surface area contributed by atoms with Crippen LogP contribution in [-0.4, -0.2) is 43.0 Å². The topological polar surface area (TPSA) is 54.4 Å². The maximum absolute atomic E-state index is 9.22. The van der Waals surface area contributed by atoms with E-state index in [9.17, 15) is 5.11 Å². The first-order valence-electron chi connectivity index (χ1n) is 5.63. The lowest BCUT2D eigenvalue weighted by molar-refractivity contribution is -0.134. The Morgan fingerprint density at radius 2 is 2.12 bits per heavy atom. The van der Waals surface area contributed by atoms with Gasteiger partial charge in [-0.2, -0.15) is 0 Å². The average Bonchev–Trinajstić information content (AvgIpc) is 2.29. The molecule has 0 spiro atoms. The molecule has 0 amide bonds. The van der Waals surface area contributed by atoms with Crippen LogP contribution in [0.5, 0.6) is 0 Å². The Bertz CT molecular complexity index is 307. The van der Waals surface area contributed by atoms with Gasteiger partial charge in [0.1, 0.15) is 0 Å². The number of rotatable bonds is 6. The molecule has 1 saturated heterocycles. The van der Waals surface area contributed by atoms with Gasteiger partial charge < -0.3 is 15.2 Å². The summed E-state index contributed by atoms with van der Waals surface area (Å²) in [5.74, 6) is 0. The van der Waals surface area contributed by atoms with Gasteiger partial charge >= 0.3 is 0 Å². The van der Waals surface area contributed by atoms with E-state index in [4.69, 9.17) is 4.74 Å². The summed E-state index contributed by atoms with van der Waals surface area (Å²) in [6, 6.07) is 4.05. The lowest BCUT2D eigenvalue weighted by atomic mass is 9.87. The lowest BCUT2D eigenvalue weighted by Crippen LogP contribution is -2.52. The van der Waals surface area contributed by atoms with Gasteiger partial charge in [0.25, 0.3) is 0 Å². The average molecular weight is 222 g/mol. The van der Waals surface area contributed by atoms with E-state index in [-0.39, 0.29) is 12.0 Å². The normalized spacial score (nSPS) is 18.1. The smallest absolute Gasteiger partial charge is 0.0579 e. The molecule has 88 valence electrons. The molecule has 4 heteroatoms. The van der Waals surface area contributed by atoms with Crippen LogP contribution in [-0.2, 0) is 11.2 Å². The maximum atomic E-state index is 9.22. The molecule has 1 aromatic heterocycles. The maximum Gasteiger partial charge on any atom is 0.0579 e. The molecule has 0 aromatic carbocycles. The third-order valence-electron chi connectivity index (χ3n) is 2.99. The number of nitrogens with zero attached hydrogens (tertiary/aromatic N) is 1. The Balaban J connectivity index is 1.65. The molecule has 2 rings (SSSR count). The van der Waals surface area contributed by atoms with Crippen LogP contribution < -0.4 is 5.32 Å². The van der Waals surface area contributed by atoms with Crippen LogP contribution in [0.4, 0.5) is 0 Å². The summed E-state index contributed by atoms with van der Waals surface area (Å²) >= 11 is 0. The van der Waals surface area contributed by atoms with Crippen LogP contribution >= 0.6 is 0 Å². The number of aromatic nitrogens is 1. The molecule has 0 unspecified atom stereocenters. The summed E-state index contributed by atoms with van der Waals surface area (Å²) in [5, 5.41) is 12.6. The Morgan fingerprint density at radius 3 is 2.69 bits per heavy atom. The summed E-state index contributed by atoms with van der Waals surface area (Å²) in [4.78, 5) is 3.98. The fourth-order valence-corrected chi connectivity index (χ4v) is 1.78. The van der Waals surface area contributed by atoms with Crippen molar-refractivity contribution in [1.29, 1.82) is 0 Å². The zero-order valence-corrected chi connectivity index (χ0v) is 9.35. The zero-order chi connectivity index (χ0) is 11.3. The van der Waals surface area contributed by atoms with Gasteiger partial charge in [0.15, 0.2) is 0 Å². The quantitative estimate of drug-likeness (QED) is 0.676. The molecule has 0 aliphatic carbocycles. The summed E-state index contributed by atoms with van der Waals surface area (Å²) < 4.78 is 5.14. The monoisotopic (exact) mass is 222 g/mol. The molecule has 16 heavy (non-hydrogen) atoms. The number of nitrogens with one attached hydrogen (secondary N) is 1. The molecule has 0 atom stereocenters. The molecular weight excluding hydrogens is 204 g/mol. The second-order valence-corrected chi connectivity index (χ2v) is 4.43. The van der Waals surface area contributed by atoms with E-state index in [1.165, 1.54) is 5.56 Å². The van der Waals surface area contributed by atoms with Gasteiger partial charge in [-0.05, 0) is 30.7 Å². The summed E-state index contributed by atoms with van der Waals surface area (Å²) in [6.07, 6.45) is 4.61. The first kappa shape index (κ1) is 11.5. The number of aliphatic hydroxyl groups is 1. The SMILES string of the molecule is OCC1(CNCCc2ccncc2)COC1.